The van der Waals surface area contributed by atoms with Crippen molar-refractivity contribution >= 4 is 44.9 Å². The number of ether oxygens (including phenoxy) is 3. The minimum absolute atomic E-state index is 0.00744. The van der Waals surface area contributed by atoms with Gasteiger partial charge in [-0.1, -0.05) is 13.8 Å². The number of benzene rings is 1. The Kier molecular flexibility index (Phi) is 9.91. The first-order chi connectivity index (χ1) is 21.5. The van der Waals surface area contributed by atoms with Crippen LogP contribution < -0.4 is 19.6 Å². The number of nitrogens with zero attached hydrogens (tertiary/aromatic N) is 5. The number of aromatic nitrogens is 1. The Morgan fingerprint density at radius 1 is 0.778 bits per heavy atom. The van der Waals surface area contributed by atoms with Crippen molar-refractivity contribution in [2.45, 2.75) is 38.9 Å². The molecule has 1 aromatic carbocycles. The fraction of sp³-hybridized carbons (Fsp3) is 0.552. The summed E-state index contributed by atoms with van der Waals surface area (Å²) in [5.74, 6) is -1.83. The number of hydrogen-bond acceptors (Lipinski definition) is 10. The Labute approximate surface area is 259 Å². The van der Waals surface area contributed by atoms with Crippen molar-refractivity contribution in [1.29, 1.82) is 0 Å². The molecule has 0 bridgehead atoms. The van der Waals surface area contributed by atoms with Gasteiger partial charge in [0, 0.05) is 44.4 Å². The summed E-state index contributed by atoms with van der Waals surface area (Å²) in [7, 11) is -3.04. The summed E-state index contributed by atoms with van der Waals surface area (Å²) in [5.41, 5.74) is 0.469. The van der Waals surface area contributed by atoms with Gasteiger partial charge in [0.15, 0.2) is 33.1 Å². The van der Waals surface area contributed by atoms with Gasteiger partial charge in [0.05, 0.1) is 55.4 Å². The monoisotopic (exact) mass is 655 g/mol. The highest BCUT2D eigenvalue weighted by atomic mass is 32.2. The number of anilines is 4. The lowest BCUT2D eigenvalue weighted by atomic mass is 10.2. The number of hydrogen-bond donors (Lipinski definition) is 0. The van der Waals surface area contributed by atoms with Crippen LogP contribution in [0.15, 0.2) is 24.4 Å². The molecule has 2 atom stereocenters. The Hall–Kier alpha value is -3.79. The van der Waals surface area contributed by atoms with Gasteiger partial charge in [-0.15, -0.1) is 0 Å². The van der Waals surface area contributed by atoms with E-state index in [4.69, 9.17) is 14.2 Å². The molecule has 16 heteroatoms. The Bertz CT molecular complexity index is 1490. The summed E-state index contributed by atoms with van der Waals surface area (Å²) in [6.45, 7) is 6.69. The van der Waals surface area contributed by atoms with E-state index in [1.165, 1.54) is 34.2 Å². The van der Waals surface area contributed by atoms with E-state index < -0.39 is 39.5 Å². The van der Waals surface area contributed by atoms with E-state index in [0.29, 0.717) is 57.9 Å². The second kappa shape index (κ2) is 13.7. The average molecular weight is 656 g/mol. The second-order valence-corrected chi connectivity index (χ2v) is 13.3. The van der Waals surface area contributed by atoms with E-state index in [0.717, 1.165) is 0 Å². The van der Waals surface area contributed by atoms with Gasteiger partial charge in [-0.3, -0.25) is 9.80 Å². The Morgan fingerprint density at radius 2 is 1.29 bits per heavy atom. The fourth-order valence-corrected chi connectivity index (χ4v) is 6.61. The molecule has 12 nitrogen and oxygen atoms in total. The number of amides is 2. The molecule has 2 amide bonds. The Morgan fingerprint density at radius 3 is 1.78 bits per heavy atom. The fourth-order valence-electron chi connectivity index (χ4n) is 5.41. The summed E-state index contributed by atoms with van der Waals surface area (Å²) in [6, 6.07) is 3.62. The van der Waals surface area contributed by atoms with Crippen LogP contribution in [0.25, 0.3) is 0 Å². The molecular formula is C29H36F3N5O7S. The van der Waals surface area contributed by atoms with Crippen molar-refractivity contribution in [3.63, 3.8) is 0 Å². The van der Waals surface area contributed by atoms with Crippen LogP contribution in [-0.4, -0.2) is 102 Å². The number of carbonyl (C=O) groups excluding carboxylic acids is 2. The first-order valence-electron chi connectivity index (χ1n) is 14.9. The topological polar surface area (TPSA) is 122 Å². The van der Waals surface area contributed by atoms with Gasteiger partial charge in [-0.2, -0.15) is 0 Å². The molecule has 0 saturated carbocycles. The van der Waals surface area contributed by atoms with Gasteiger partial charge in [-0.05, 0) is 12.8 Å². The first-order valence-corrected chi connectivity index (χ1v) is 16.7. The lowest BCUT2D eigenvalue weighted by Crippen LogP contribution is -2.41. The molecule has 2 aromatic rings. The summed E-state index contributed by atoms with van der Waals surface area (Å²) < 4.78 is 81.4. The Balaban J connectivity index is 0.000000178. The molecule has 4 fully saturated rings. The molecule has 2 unspecified atom stereocenters. The predicted octanol–water partition coefficient (Wildman–Crippen LogP) is 3.73. The summed E-state index contributed by atoms with van der Waals surface area (Å²) in [6.07, 6.45) is 1.27. The summed E-state index contributed by atoms with van der Waals surface area (Å²) >= 11 is 0. The zero-order chi connectivity index (χ0) is 32.3. The van der Waals surface area contributed by atoms with Crippen LogP contribution in [0, 0.1) is 17.5 Å². The van der Waals surface area contributed by atoms with Gasteiger partial charge < -0.3 is 24.0 Å². The maximum atomic E-state index is 14.4. The lowest BCUT2D eigenvalue weighted by Gasteiger charge is -2.29. The van der Waals surface area contributed by atoms with Gasteiger partial charge in [-0.25, -0.2) is 36.2 Å². The molecule has 4 aliphatic rings. The van der Waals surface area contributed by atoms with Crippen molar-refractivity contribution in [2.24, 2.45) is 0 Å². The smallest absolute Gasteiger partial charge is 0.414 e. The third-order valence-corrected chi connectivity index (χ3v) is 9.67. The highest BCUT2D eigenvalue weighted by Crippen LogP contribution is 2.32. The quantitative estimate of drug-likeness (QED) is 0.455. The molecule has 0 radical (unpaired) electrons. The van der Waals surface area contributed by atoms with Gasteiger partial charge in [0.1, 0.15) is 17.9 Å². The van der Waals surface area contributed by atoms with Crippen molar-refractivity contribution in [2.75, 3.05) is 83.6 Å². The summed E-state index contributed by atoms with van der Waals surface area (Å²) in [5, 5.41) is 0. The minimum atomic E-state index is -3.04. The number of rotatable bonds is 6. The molecule has 4 saturated heterocycles. The molecule has 0 N–H and O–H groups in total. The van der Waals surface area contributed by atoms with E-state index in [1.54, 1.807) is 9.80 Å². The van der Waals surface area contributed by atoms with Crippen LogP contribution in [0.3, 0.4) is 0 Å². The standard InChI is InChI=1S/C15H18F2N2O3.C14H18FN3O4S/c1-2-11-9-19(15(20)22-11)10-7-12(16)14(13(17)8-10)18-3-5-21-6-4-18;1-2-11-9-18(14(19)22-11)10-7-12(15)13(16-8-10)17-3-5-23(20,21)6-4-17/h7-8,11H,2-6,9H2,1H3;7-8,11H,2-6,9H2,1H3. The highest BCUT2D eigenvalue weighted by Gasteiger charge is 2.34. The van der Waals surface area contributed by atoms with Crippen LogP contribution in [0.2, 0.25) is 0 Å². The number of cyclic esters (lactones) is 2. The summed E-state index contributed by atoms with van der Waals surface area (Å²) in [4.78, 5) is 33.5. The number of halogens is 3. The van der Waals surface area contributed by atoms with Crippen LogP contribution in [0.4, 0.5) is 45.6 Å². The molecule has 6 rings (SSSR count). The van der Waals surface area contributed by atoms with Gasteiger partial charge in [0.2, 0.25) is 0 Å². The van der Waals surface area contributed by atoms with Crippen molar-refractivity contribution in [3.8, 4) is 0 Å². The van der Waals surface area contributed by atoms with Crippen LogP contribution in [-0.2, 0) is 24.0 Å². The number of carbonyl (C=O) groups is 2. The molecule has 246 valence electrons. The molecule has 0 aliphatic carbocycles. The third kappa shape index (κ3) is 7.38. The lowest BCUT2D eigenvalue weighted by molar-refractivity contribution is 0.122. The van der Waals surface area contributed by atoms with Gasteiger partial charge >= 0.3 is 12.2 Å². The average Bonchev–Trinajstić information content (AvgIpc) is 3.59. The van der Waals surface area contributed by atoms with Crippen LogP contribution >= 0.6 is 0 Å². The van der Waals surface area contributed by atoms with Crippen molar-refractivity contribution in [1.82, 2.24) is 4.98 Å². The van der Waals surface area contributed by atoms with Crippen molar-refractivity contribution < 1.29 is 45.4 Å². The second-order valence-electron chi connectivity index (χ2n) is 11.0. The van der Waals surface area contributed by atoms with E-state index in [-0.39, 0.29) is 54.0 Å². The first kappa shape index (κ1) is 32.6. The minimum Gasteiger partial charge on any atom is -0.444 e. The zero-order valence-corrected chi connectivity index (χ0v) is 25.9. The third-order valence-electron chi connectivity index (χ3n) is 8.06. The highest BCUT2D eigenvalue weighted by molar-refractivity contribution is 7.91. The van der Waals surface area contributed by atoms with E-state index in [2.05, 4.69) is 4.98 Å². The van der Waals surface area contributed by atoms with Crippen molar-refractivity contribution in [3.05, 3.63) is 41.8 Å². The number of sulfone groups is 1. The van der Waals surface area contributed by atoms with Crippen LogP contribution in [0.5, 0.6) is 0 Å². The number of pyridine rings is 1. The molecule has 1 aromatic heterocycles. The molecule has 45 heavy (non-hydrogen) atoms. The molecular weight excluding hydrogens is 619 g/mol. The van der Waals surface area contributed by atoms with E-state index in [1.807, 2.05) is 13.8 Å². The molecule has 0 spiro atoms. The largest absolute Gasteiger partial charge is 0.444 e. The zero-order valence-electron chi connectivity index (χ0n) is 25.1. The van der Waals surface area contributed by atoms with E-state index in [9.17, 15) is 31.2 Å². The SMILES string of the molecule is CCC1CN(c2cc(F)c(N3CCOCC3)c(F)c2)C(=O)O1.CCC1CN(c2cnc(N3CCS(=O)(=O)CC3)c(F)c2)C(=O)O1. The van der Waals surface area contributed by atoms with Gasteiger partial charge in [0.25, 0.3) is 0 Å². The molecule has 4 aliphatic heterocycles. The van der Waals surface area contributed by atoms with E-state index >= 15 is 0 Å². The van der Waals surface area contributed by atoms with Crippen LogP contribution in [0.1, 0.15) is 26.7 Å². The number of morpholine rings is 1. The predicted molar refractivity (Wildman–Crippen MR) is 160 cm³/mol. The maximum Gasteiger partial charge on any atom is 0.414 e. The normalized spacial score (nSPS) is 23.0. The molecule has 5 heterocycles. The maximum absolute atomic E-state index is 14.4.